The molecule has 2 nitrogen and oxygen atoms in total. The number of hydrogen-bond acceptors (Lipinski definition) is 2. The Bertz CT molecular complexity index is 705. The maximum atomic E-state index is 5.35. The first kappa shape index (κ1) is 18.8. The molecule has 0 aromatic heterocycles. The SMILES string of the molecule is COc1ccc(C2(C)CCC(c3ccc(OC)cc3)(C(C)C)CC2)cc1. The molecular weight excluding hydrogens is 320 g/mol. The van der Waals surface area contributed by atoms with Gasteiger partial charge in [0.05, 0.1) is 14.2 Å². The molecule has 0 radical (unpaired) electrons. The van der Waals surface area contributed by atoms with Crippen molar-refractivity contribution in [1.29, 1.82) is 0 Å². The van der Waals surface area contributed by atoms with E-state index >= 15 is 0 Å². The summed E-state index contributed by atoms with van der Waals surface area (Å²) in [4.78, 5) is 0. The summed E-state index contributed by atoms with van der Waals surface area (Å²) in [5.74, 6) is 2.49. The summed E-state index contributed by atoms with van der Waals surface area (Å²) in [6, 6.07) is 17.4. The summed E-state index contributed by atoms with van der Waals surface area (Å²) in [6.07, 6.45) is 4.87. The van der Waals surface area contributed by atoms with Crippen LogP contribution >= 0.6 is 0 Å². The fraction of sp³-hybridized carbons (Fsp3) is 0.500. The van der Waals surface area contributed by atoms with Crippen LogP contribution in [0.5, 0.6) is 11.5 Å². The van der Waals surface area contributed by atoms with Gasteiger partial charge in [-0.15, -0.1) is 0 Å². The van der Waals surface area contributed by atoms with Gasteiger partial charge >= 0.3 is 0 Å². The molecule has 0 unspecified atom stereocenters. The summed E-state index contributed by atoms with van der Waals surface area (Å²) >= 11 is 0. The summed E-state index contributed by atoms with van der Waals surface area (Å²) in [5, 5.41) is 0. The van der Waals surface area contributed by atoms with Crippen LogP contribution in [0.15, 0.2) is 48.5 Å². The van der Waals surface area contributed by atoms with Crippen LogP contribution in [-0.4, -0.2) is 14.2 Å². The molecule has 0 amide bonds. The predicted molar refractivity (Wildman–Crippen MR) is 108 cm³/mol. The molecule has 26 heavy (non-hydrogen) atoms. The lowest BCUT2D eigenvalue weighted by molar-refractivity contribution is 0.159. The van der Waals surface area contributed by atoms with Crippen LogP contribution < -0.4 is 9.47 Å². The third kappa shape index (κ3) is 3.34. The second-order valence-electron chi connectivity index (χ2n) is 8.33. The largest absolute Gasteiger partial charge is 0.497 e. The van der Waals surface area contributed by atoms with E-state index in [1.807, 2.05) is 0 Å². The van der Waals surface area contributed by atoms with Gasteiger partial charge in [0.15, 0.2) is 0 Å². The van der Waals surface area contributed by atoms with Gasteiger partial charge in [0.25, 0.3) is 0 Å². The van der Waals surface area contributed by atoms with Crippen LogP contribution in [0.25, 0.3) is 0 Å². The minimum Gasteiger partial charge on any atom is -0.497 e. The van der Waals surface area contributed by atoms with E-state index in [2.05, 4.69) is 69.3 Å². The number of ether oxygens (including phenoxy) is 2. The van der Waals surface area contributed by atoms with Crippen LogP contribution in [0.3, 0.4) is 0 Å². The first-order valence-corrected chi connectivity index (χ1v) is 9.73. The Balaban J connectivity index is 1.84. The van der Waals surface area contributed by atoms with E-state index in [4.69, 9.17) is 9.47 Å². The third-order valence-electron chi connectivity index (χ3n) is 6.80. The van der Waals surface area contributed by atoms with Gasteiger partial charge in [-0.3, -0.25) is 0 Å². The lowest BCUT2D eigenvalue weighted by atomic mass is 9.56. The summed E-state index contributed by atoms with van der Waals surface area (Å²) in [5.41, 5.74) is 3.41. The molecule has 0 atom stereocenters. The van der Waals surface area contributed by atoms with E-state index in [9.17, 15) is 0 Å². The highest BCUT2D eigenvalue weighted by atomic mass is 16.5. The molecule has 140 valence electrons. The monoisotopic (exact) mass is 352 g/mol. The van der Waals surface area contributed by atoms with Crippen molar-refractivity contribution in [3.63, 3.8) is 0 Å². The average molecular weight is 353 g/mol. The Morgan fingerprint density at radius 1 is 0.692 bits per heavy atom. The molecule has 1 aliphatic rings. The van der Waals surface area contributed by atoms with Crippen LogP contribution in [0.4, 0.5) is 0 Å². The molecule has 0 bridgehead atoms. The Hall–Kier alpha value is -1.96. The van der Waals surface area contributed by atoms with Gasteiger partial charge in [0, 0.05) is 0 Å². The first-order chi connectivity index (χ1) is 12.4. The quantitative estimate of drug-likeness (QED) is 0.644. The van der Waals surface area contributed by atoms with Gasteiger partial charge in [-0.25, -0.2) is 0 Å². The number of hydrogen-bond donors (Lipinski definition) is 0. The van der Waals surface area contributed by atoms with Crippen molar-refractivity contribution in [2.24, 2.45) is 5.92 Å². The fourth-order valence-electron chi connectivity index (χ4n) is 4.65. The molecule has 1 aliphatic carbocycles. The van der Waals surface area contributed by atoms with Crippen molar-refractivity contribution in [2.45, 2.75) is 57.3 Å². The summed E-state index contributed by atoms with van der Waals surface area (Å²) < 4.78 is 10.7. The maximum absolute atomic E-state index is 5.35. The van der Waals surface area contributed by atoms with Gasteiger partial charge in [0.1, 0.15) is 11.5 Å². The molecule has 2 aromatic rings. The summed E-state index contributed by atoms with van der Waals surface area (Å²) in [7, 11) is 3.46. The van der Waals surface area contributed by atoms with Crippen molar-refractivity contribution in [1.82, 2.24) is 0 Å². The highest BCUT2D eigenvalue weighted by Gasteiger charge is 2.43. The Morgan fingerprint density at radius 2 is 1.12 bits per heavy atom. The van der Waals surface area contributed by atoms with Gasteiger partial charge in [-0.2, -0.15) is 0 Å². The number of methoxy groups -OCH3 is 2. The van der Waals surface area contributed by atoms with E-state index in [-0.39, 0.29) is 10.8 Å². The molecular formula is C24H32O2. The second-order valence-corrected chi connectivity index (χ2v) is 8.33. The van der Waals surface area contributed by atoms with E-state index in [1.54, 1.807) is 14.2 Å². The van der Waals surface area contributed by atoms with E-state index in [0.29, 0.717) is 5.92 Å². The van der Waals surface area contributed by atoms with Crippen LogP contribution in [-0.2, 0) is 10.8 Å². The molecule has 0 saturated heterocycles. The highest BCUT2D eigenvalue weighted by molar-refractivity contribution is 5.36. The summed E-state index contributed by atoms with van der Waals surface area (Å²) in [6.45, 7) is 7.17. The number of benzene rings is 2. The molecule has 0 heterocycles. The molecule has 0 spiro atoms. The van der Waals surface area contributed by atoms with Crippen LogP contribution in [0, 0.1) is 5.92 Å². The lowest BCUT2D eigenvalue weighted by Crippen LogP contribution is -2.41. The van der Waals surface area contributed by atoms with E-state index in [1.165, 1.54) is 36.8 Å². The predicted octanol–water partition coefficient (Wildman–Crippen LogP) is 6.13. The van der Waals surface area contributed by atoms with Crippen molar-refractivity contribution in [3.05, 3.63) is 59.7 Å². The highest BCUT2D eigenvalue weighted by Crippen LogP contribution is 2.51. The Labute approximate surface area is 158 Å². The van der Waals surface area contributed by atoms with Crippen LogP contribution in [0.2, 0.25) is 0 Å². The van der Waals surface area contributed by atoms with Gasteiger partial charge in [0.2, 0.25) is 0 Å². The molecule has 3 rings (SSSR count). The van der Waals surface area contributed by atoms with Crippen molar-refractivity contribution in [2.75, 3.05) is 14.2 Å². The van der Waals surface area contributed by atoms with E-state index in [0.717, 1.165) is 11.5 Å². The van der Waals surface area contributed by atoms with Crippen molar-refractivity contribution < 1.29 is 9.47 Å². The lowest BCUT2D eigenvalue weighted by Gasteiger charge is -2.48. The topological polar surface area (TPSA) is 18.5 Å². The van der Waals surface area contributed by atoms with Gasteiger partial charge in [-0.05, 0) is 77.8 Å². The third-order valence-corrected chi connectivity index (χ3v) is 6.80. The fourth-order valence-corrected chi connectivity index (χ4v) is 4.65. The second kappa shape index (κ2) is 7.34. The minimum absolute atomic E-state index is 0.247. The molecule has 0 N–H and O–H groups in total. The Morgan fingerprint density at radius 3 is 1.50 bits per heavy atom. The zero-order valence-electron chi connectivity index (χ0n) is 16.8. The Kier molecular flexibility index (Phi) is 5.32. The van der Waals surface area contributed by atoms with E-state index < -0.39 is 0 Å². The van der Waals surface area contributed by atoms with Gasteiger partial charge in [-0.1, -0.05) is 45.0 Å². The first-order valence-electron chi connectivity index (χ1n) is 9.73. The minimum atomic E-state index is 0.247. The standard InChI is InChI=1S/C24H32O2/c1-18(2)24(20-8-12-22(26-5)13-9-20)16-14-23(3,15-17-24)19-6-10-21(25-4)11-7-19/h6-13,18H,14-17H2,1-5H3. The maximum Gasteiger partial charge on any atom is 0.118 e. The zero-order valence-corrected chi connectivity index (χ0v) is 16.8. The smallest absolute Gasteiger partial charge is 0.118 e. The molecule has 2 aromatic carbocycles. The van der Waals surface area contributed by atoms with Crippen molar-refractivity contribution in [3.8, 4) is 11.5 Å². The molecule has 0 aliphatic heterocycles. The molecule has 1 saturated carbocycles. The van der Waals surface area contributed by atoms with Crippen LogP contribution in [0.1, 0.15) is 57.6 Å². The number of rotatable bonds is 5. The van der Waals surface area contributed by atoms with Crippen molar-refractivity contribution >= 4 is 0 Å². The normalized spacial score (nSPS) is 25.9. The zero-order chi connectivity index (χ0) is 18.8. The molecule has 1 fully saturated rings. The average Bonchev–Trinajstić information content (AvgIpc) is 2.69. The molecule has 2 heteroatoms. The van der Waals surface area contributed by atoms with Gasteiger partial charge < -0.3 is 9.47 Å².